The summed E-state index contributed by atoms with van der Waals surface area (Å²) in [7, 11) is 0. The number of carbonyl (C=O) groups is 2. The quantitative estimate of drug-likeness (QED) is 0.730. The molecule has 5 nitrogen and oxygen atoms in total. The van der Waals surface area contributed by atoms with Crippen molar-refractivity contribution >= 4 is 23.4 Å². The molecule has 2 saturated carbocycles. The van der Waals surface area contributed by atoms with Crippen LogP contribution in [-0.4, -0.2) is 30.5 Å². The number of amides is 2. The van der Waals surface area contributed by atoms with Crippen molar-refractivity contribution in [2.45, 2.75) is 38.3 Å². The summed E-state index contributed by atoms with van der Waals surface area (Å²) in [6, 6.07) is 11.6. The first-order valence-electron chi connectivity index (χ1n) is 10.2. The molecule has 2 aromatic carbocycles. The van der Waals surface area contributed by atoms with Gasteiger partial charge in [0.05, 0.1) is 5.02 Å². The van der Waals surface area contributed by atoms with Gasteiger partial charge in [-0.05, 0) is 62.3 Å². The molecule has 0 saturated heterocycles. The Balaban J connectivity index is 1.30. The second-order valence-corrected chi connectivity index (χ2v) is 8.54. The Labute approximate surface area is 179 Å². The Morgan fingerprint density at radius 3 is 2.50 bits per heavy atom. The standard InChI is InChI=1S/C23H24ClFN2O3/c1-13-3-2-4-14(9-13)23(29)27-21-11-20(16-6-7-17(16)21)26-22(28)12-30-15-5-8-18(24)19(25)10-15/h2-5,8-10,16-17,20-21H,6-7,11-12H2,1H3,(H,26,28)(H,27,29)/t16?,17?,20-,21?/m0/s1. The SMILES string of the molecule is Cc1cccc(C(=O)NC2C[C@H](NC(=O)COc3ccc(Cl)c(F)c3)C3CCC23)c1. The minimum Gasteiger partial charge on any atom is -0.484 e. The fraction of sp³-hybridized carbons (Fsp3) is 0.391. The number of nitrogens with one attached hydrogen (secondary N) is 2. The molecule has 7 heteroatoms. The van der Waals surface area contributed by atoms with Crippen molar-refractivity contribution in [1.29, 1.82) is 0 Å². The summed E-state index contributed by atoms with van der Waals surface area (Å²) in [5.41, 5.74) is 1.70. The number of rotatable bonds is 6. The van der Waals surface area contributed by atoms with Crippen LogP contribution in [0, 0.1) is 24.6 Å². The van der Waals surface area contributed by atoms with Gasteiger partial charge in [-0.2, -0.15) is 0 Å². The van der Waals surface area contributed by atoms with Crippen LogP contribution in [0.15, 0.2) is 42.5 Å². The molecular formula is C23H24ClFN2O3. The van der Waals surface area contributed by atoms with Crippen LogP contribution in [-0.2, 0) is 4.79 Å². The van der Waals surface area contributed by atoms with Crippen molar-refractivity contribution in [2.75, 3.05) is 6.61 Å². The maximum atomic E-state index is 13.5. The number of halogens is 2. The van der Waals surface area contributed by atoms with E-state index in [4.69, 9.17) is 16.3 Å². The van der Waals surface area contributed by atoms with E-state index in [2.05, 4.69) is 10.6 Å². The summed E-state index contributed by atoms with van der Waals surface area (Å²) >= 11 is 5.65. The maximum absolute atomic E-state index is 13.5. The zero-order chi connectivity index (χ0) is 21.3. The van der Waals surface area contributed by atoms with Crippen molar-refractivity contribution in [3.8, 4) is 5.75 Å². The van der Waals surface area contributed by atoms with Crippen LogP contribution in [0.3, 0.4) is 0 Å². The Morgan fingerprint density at radius 2 is 1.83 bits per heavy atom. The first kappa shape index (κ1) is 20.7. The Kier molecular flexibility index (Phi) is 5.95. The lowest BCUT2D eigenvalue weighted by molar-refractivity contribution is -0.124. The second-order valence-electron chi connectivity index (χ2n) is 8.13. The van der Waals surface area contributed by atoms with E-state index < -0.39 is 5.82 Å². The van der Waals surface area contributed by atoms with E-state index >= 15 is 0 Å². The molecule has 0 bridgehead atoms. The minimum absolute atomic E-state index is 0.00427. The molecule has 2 N–H and O–H groups in total. The Hall–Kier alpha value is -2.60. The normalized spacial score (nSPS) is 24.5. The van der Waals surface area contributed by atoms with E-state index in [1.54, 1.807) is 0 Å². The summed E-state index contributed by atoms with van der Waals surface area (Å²) < 4.78 is 18.9. The topological polar surface area (TPSA) is 67.4 Å². The fourth-order valence-corrected chi connectivity index (χ4v) is 4.63. The molecule has 0 aliphatic heterocycles. The molecule has 2 aliphatic carbocycles. The zero-order valence-electron chi connectivity index (χ0n) is 16.7. The van der Waals surface area contributed by atoms with E-state index in [-0.39, 0.29) is 41.3 Å². The van der Waals surface area contributed by atoms with Crippen molar-refractivity contribution in [1.82, 2.24) is 10.6 Å². The Bertz CT molecular complexity index is 967. The smallest absolute Gasteiger partial charge is 0.258 e. The molecule has 2 aromatic rings. The zero-order valence-corrected chi connectivity index (χ0v) is 17.4. The van der Waals surface area contributed by atoms with Crippen LogP contribution in [0.5, 0.6) is 5.75 Å². The first-order valence-corrected chi connectivity index (χ1v) is 10.5. The predicted octanol–water partition coefficient (Wildman–Crippen LogP) is 3.88. The van der Waals surface area contributed by atoms with E-state index in [9.17, 15) is 14.0 Å². The number of hydrogen-bond donors (Lipinski definition) is 2. The monoisotopic (exact) mass is 430 g/mol. The van der Waals surface area contributed by atoms with Gasteiger partial charge in [0.25, 0.3) is 11.8 Å². The lowest BCUT2D eigenvalue weighted by atomic mass is 9.73. The molecule has 0 radical (unpaired) electrons. The summed E-state index contributed by atoms with van der Waals surface area (Å²) in [5, 5.41) is 6.18. The van der Waals surface area contributed by atoms with Crippen molar-refractivity contribution < 1.29 is 18.7 Å². The molecule has 4 rings (SSSR count). The summed E-state index contributed by atoms with van der Waals surface area (Å²) in [6.07, 6.45) is 2.79. The van der Waals surface area contributed by atoms with Gasteiger partial charge in [-0.3, -0.25) is 9.59 Å². The molecular weight excluding hydrogens is 407 g/mol. The van der Waals surface area contributed by atoms with Crippen LogP contribution in [0.2, 0.25) is 5.02 Å². The molecule has 0 spiro atoms. The number of carbonyl (C=O) groups excluding carboxylic acids is 2. The van der Waals surface area contributed by atoms with Gasteiger partial charge in [-0.15, -0.1) is 0 Å². The minimum atomic E-state index is -0.588. The average Bonchev–Trinajstić information content (AvgIpc) is 2.90. The molecule has 158 valence electrons. The summed E-state index contributed by atoms with van der Waals surface area (Å²) in [5.74, 6) is 0.0827. The number of fused-ring (bicyclic) bond motifs is 1. The van der Waals surface area contributed by atoms with Crippen LogP contribution in [0.25, 0.3) is 0 Å². The highest BCUT2D eigenvalue weighted by atomic mass is 35.5. The molecule has 2 fully saturated rings. The Morgan fingerprint density at radius 1 is 1.10 bits per heavy atom. The number of aryl methyl sites for hydroxylation is 1. The van der Waals surface area contributed by atoms with E-state index in [0.29, 0.717) is 23.8 Å². The molecule has 0 aromatic heterocycles. The van der Waals surface area contributed by atoms with Crippen LogP contribution in [0.1, 0.15) is 35.2 Å². The van der Waals surface area contributed by atoms with Crippen LogP contribution >= 0.6 is 11.6 Å². The number of ether oxygens (including phenoxy) is 1. The van der Waals surface area contributed by atoms with Crippen LogP contribution < -0.4 is 15.4 Å². The van der Waals surface area contributed by atoms with Crippen LogP contribution in [0.4, 0.5) is 4.39 Å². The van der Waals surface area contributed by atoms with Gasteiger partial charge < -0.3 is 15.4 Å². The van der Waals surface area contributed by atoms with E-state index in [1.165, 1.54) is 12.1 Å². The summed E-state index contributed by atoms with van der Waals surface area (Å²) in [6.45, 7) is 1.76. The number of hydrogen-bond acceptors (Lipinski definition) is 3. The summed E-state index contributed by atoms with van der Waals surface area (Å²) in [4.78, 5) is 25.0. The van der Waals surface area contributed by atoms with Gasteiger partial charge in [0.1, 0.15) is 11.6 Å². The third-order valence-electron chi connectivity index (χ3n) is 6.13. The first-order chi connectivity index (χ1) is 14.4. The van der Waals surface area contributed by atoms with E-state index in [1.807, 2.05) is 31.2 Å². The highest BCUT2D eigenvalue weighted by molar-refractivity contribution is 6.30. The van der Waals surface area contributed by atoms with Crippen molar-refractivity contribution in [3.63, 3.8) is 0 Å². The molecule has 30 heavy (non-hydrogen) atoms. The second kappa shape index (κ2) is 8.64. The van der Waals surface area contributed by atoms with Gasteiger partial charge in [0.15, 0.2) is 6.61 Å². The highest BCUT2D eigenvalue weighted by Crippen LogP contribution is 2.47. The van der Waals surface area contributed by atoms with Gasteiger partial charge in [-0.1, -0.05) is 29.3 Å². The maximum Gasteiger partial charge on any atom is 0.258 e. The van der Waals surface area contributed by atoms with Gasteiger partial charge in [-0.25, -0.2) is 4.39 Å². The third-order valence-corrected chi connectivity index (χ3v) is 6.44. The highest BCUT2D eigenvalue weighted by Gasteiger charge is 2.49. The number of benzene rings is 2. The molecule has 3 unspecified atom stereocenters. The van der Waals surface area contributed by atoms with Gasteiger partial charge in [0, 0.05) is 23.7 Å². The van der Waals surface area contributed by atoms with E-state index in [0.717, 1.165) is 24.5 Å². The van der Waals surface area contributed by atoms with Gasteiger partial charge >= 0.3 is 0 Å². The largest absolute Gasteiger partial charge is 0.484 e. The molecule has 2 amide bonds. The predicted molar refractivity (Wildman–Crippen MR) is 112 cm³/mol. The average molecular weight is 431 g/mol. The van der Waals surface area contributed by atoms with Crippen molar-refractivity contribution in [2.24, 2.45) is 11.8 Å². The van der Waals surface area contributed by atoms with Gasteiger partial charge in [0.2, 0.25) is 0 Å². The lowest BCUT2D eigenvalue weighted by Crippen LogP contribution is -2.44. The molecule has 0 heterocycles. The third kappa shape index (κ3) is 4.43. The fourth-order valence-electron chi connectivity index (χ4n) is 4.51. The van der Waals surface area contributed by atoms with Crippen molar-refractivity contribution in [3.05, 3.63) is 64.4 Å². The lowest BCUT2D eigenvalue weighted by Gasteiger charge is -2.36. The molecule has 4 atom stereocenters. The molecule has 2 aliphatic rings.